The highest BCUT2D eigenvalue weighted by Gasteiger charge is 2.07. The van der Waals surface area contributed by atoms with Gasteiger partial charge in [-0.1, -0.05) is 19.9 Å². The van der Waals surface area contributed by atoms with Crippen molar-refractivity contribution in [3.8, 4) is 0 Å². The summed E-state index contributed by atoms with van der Waals surface area (Å²) in [5.74, 6) is -1.96. The predicted molar refractivity (Wildman–Crippen MR) is 76.4 cm³/mol. The Morgan fingerprint density at radius 3 is 2.57 bits per heavy atom. The molecule has 0 fully saturated rings. The van der Waals surface area contributed by atoms with E-state index < -0.39 is 11.9 Å². The van der Waals surface area contributed by atoms with Crippen molar-refractivity contribution in [1.82, 2.24) is 5.32 Å². The molecule has 1 aromatic rings. The number of hydrogen-bond acceptors (Lipinski definition) is 4. The van der Waals surface area contributed by atoms with Gasteiger partial charge in [0.2, 0.25) is 5.91 Å². The zero-order valence-electron chi connectivity index (χ0n) is 11.9. The molecule has 0 saturated carbocycles. The first-order valence-corrected chi connectivity index (χ1v) is 6.47. The van der Waals surface area contributed by atoms with E-state index in [9.17, 15) is 19.5 Å². The van der Waals surface area contributed by atoms with E-state index in [4.69, 9.17) is 0 Å². The first-order valence-electron chi connectivity index (χ1n) is 6.47. The SMILES string of the molecule is CC(C)CNC(=O)c1cccc(NC(=O)/C=C/C(=O)[O-])c1. The number of aliphatic carboxylic acids is 1. The lowest BCUT2D eigenvalue weighted by Gasteiger charge is -2.09. The van der Waals surface area contributed by atoms with Crippen molar-refractivity contribution >= 4 is 23.5 Å². The second-order valence-corrected chi connectivity index (χ2v) is 4.83. The molecule has 0 saturated heterocycles. The quantitative estimate of drug-likeness (QED) is 0.737. The van der Waals surface area contributed by atoms with Gasteiger partial charge in [-0.25, -0.2) is 0 Å². The number of carboxylic acids is 1. The number of benzene rings is 1. The molecule has 0 bridgehead atoms. The summed E-state index contributed by atoms with van der Waals surface area (Å²) in [5, 5.41) is 15.4. The van der Waals surface area contributed by atoms with Gasteiger partial charge >= 0.3 is 0 Å². The van der Waals surface area contributed by atoms with Gasteiger partial charge in [0.15, 0.2) is 0 Å². The lowest BCUT2D eigenvalue weighted by Crippen LogP contribution is -2.27. The van der Waals surface area contributed by atoms with Crippen molar-refractivity contribution in [3.05, 3.63) is 42.0 Å². The predicted octanol–water partition coefficient (Wildman–Crippen LogP) is 0.317. The van der Waals surface area contributed by atoms with Crippen molar-refractivity contribution in [3.63, 3.8) is 0 Å². The monoisotopic (exact) mass is 289 g/mol. The Morgan fingerprint density at radius 1 is 1.24 bits per heavy atom. The maximum Gasteiger partial charge on any atom is 0.251 e. The summed E-state index contributed by atoms with van der Waals surface area (Å²) in [6, 6.07) is 6.37. The number of carbonyl (C=O) groups is 3. The lowest BCUT2D eigenvalue weighted by molar-refractivity contribution is -0.297. The van der Waals surface area contributed by atoms with Crippen LogP contribution in [0.25, 0.3) is 0 Å². The van der Waals surface area contributed by atoms with Crippen molar-refractivity contribution in [2.75, 3.05) is 11.9 Å². The van der Waals surface area contributed by atoms with E-state index >= 15 is 0 Å². The van der Waals surface area contributed by atoms with Gasteiger partial charge in [0.05, 0.1) is 5.97 Å². The van der Waals surface area contributed by atoms with Crippen LogP contribution in [0.15, 0.2) is 36.4 Å². The fourth-order valence-electron chi connectivity index (χ4n) is 1.46. The summed E-state index contributed by atoms with van der Waals surface area (Å²) in [7, 11) is 0. The number of hydrogen-bond donors (Lipinski definition) is 2. The molecule has 21 heavy (non-hydrogen) atoms. The minimum atomic E-state index is -1.45. The third kappa shape index (κ3) is 6.38. The Kier molecular flexibility index (Phi) is 6.13. The lowest BCUT2D eigenvalue weighted by atomic mass is 10.1. The van der Waals surface area contributed by atoms with E-state index in [1.807, 2.05) is 13.8 Å². The first kappa shape index (κ1) is 16.4. The van der Waals surface area contributed by atoms with Crippen LogP contribution in [0.1, 0.15) is 24.2 Å². The molecule has 2 N–H and O–H groups in total. The first-order chi connectivity index (χ1) is 9.88. The molecule has 112 valence electrons. The second-order valence-electron chi connectivity index (χ2n) is 4.83. The highest BCUT2D eigenvalue weighted by Crippen LogP contribution is 2.10. The Labute approximate surface area is 122 Å². The Bertz CT molecular complexity index is 565. The third-order valence-corrected chi connectivity index (χ3v) is 2.43. The number of rotatable bonds is 6. The van der Waals surface area contributed by atoms with Crippen LogP contribution in [-0.4, -0.2) is 24.3 Å². The van der Waals surface area contributed by atoms with E-state index in [2.05, 4.69) is 10.6 Å². The summed E-state index contributed by atoms with van der Waals surface area (Å²) in [5.41, 5.74) is 0.817. The molecule has 6 nitrogen and oxygen atoms in total. The summed E-state index contributed by atoms with van der Waals surface area (Å²) in [6.07, 6.45) is 1.48. The van der Waals surface area contributed by atoms with Crippen LogP contribution in [0, 0.1) is 5.92 Å². The number of carbonyl (C=O) groups excluding carboxylic acids is 3. The second kappa shape index (κ2) is 7.84. The summed E-state index contributed by atoms with van der Waals surface area (Å²) >= 11 is 0. The number of amides is 2. The average molecular weight is 289 g/mol. The van der Waals surface area contributed by atoms with Crippen LogP contribution in [0.3, 0.4) is 0 Å². The fourth-order valence-corrected chi connectivity index (χ4v) is 1.46. The van der Waals surface area contributed by atoms with E-state index in [0.29, 0.717) is 29.8 Å². The highest BCUT2D eigenvalue weighted by molar-refractivity contribution is 6.03. The molecule has 0 atom stereocenters. The van der Waals surface area contributed by atoms with Crippen LogP contribution < -0.4 is 15.7 Å². The molecule has 0 aliphatic heterocycles. The zero-order valence-corrected chi connectivity index (χ0v) is 11.9. The van der Waals surface area contributed by atoms with E-state index in [1.54, 1.807) is 18.2 Å². The van der Waals surface area contributed by atoms with Gasteiger partial charge < -0.3 is 20.5 Å². The Morgan fingerprint density at radius 2 is 1.95 bits per heavy atom. The maximum absolute atomic E-state index is 11.9. The van der Waals surface area contributed by atoms with Gasteiger partial charge in [0.25, 0.3) is 5.91 Å². The molecule has 0 aliphatic carbocycles. The van der Waals surface area contributed by atoms with Gasteiger partial charge in [0, 0.05) is 23.9 Å². The van der Waals surface area contributed by atoms with Crippen molar-refractivity contribution in [2.45, 2.75) is 13.8 Å². The van der Waals surface area contributed by atoms with E-state index in [0.717, 1.165) is 6.08 Å². The van der Waals surface area contributed by atoms with Crippen LogP contribution in [0.4, 0.5) is 5.69 Å². The molecule has 0 aromatic heterocycles. The van der Waals surface area contributed by atoms with Gasteiger partial charge in [0.1, 0.15) is 0 Å². The van der Waals surface area contributed by atoms with Crippen LogP contribution >= 0.6 is 0 Å². The molecule has 0 radical (unpaired) electrons. The largest absolute Gasteiger partial charge is 0.545 e. The van der Waals surface area contributed by atoms with Crippen LogP contribution in [0.2, 0.25) is 0 Å². The standard InChI is InChI=1S/C15H18N2O4/c1-10(2)9-16-15(21)11-4-3-5-12(8-11)17-13(18)6-7-14(19)20/h3-8,10H,9H2,1-2H3,(H,16,21)(H,17,18)(H,19,20)/p-1/b7-6+. The topological polar surface area (TPSA) is 98.3 Å². The van der Waals surface area contributed by atoms with Crippen LogP contribution in [-0.2, 0) is 9.59 Å². The summed E-state index contributed by atoms with van der Waals surface area (Å²) in [4.78, 5) is 33.5. The smallest absolute Gasteiger partial charge is 0.251 e. The fraction of sp³-hybridized carbons (Fsp3) is 0.267. The van der Waals surface area contributed by atoms with E-state index in [-0.39, 0.29) is 5.91 Å². The van der Waals surface area contributed by atoms with Crippen LogP contribution in [0.5, 0.6) is 0 Å². The Hall–Kier alpha value is -2.63. The minimum absolute atomic E-state index is 0.231. The van der Waals surface area contributed by atoms with Gasteiger partial charge in [-0.2, -0.15) is 0 Å². The maximum atomic E-state index is 11.9. The Balaban J connectivity index is 2.70. The molecule has 0 heterocycles. The third-order valence-electron chi connectivity index (χ3n) is 2.43. The average Bonchev–Trinajstić information content (AvgIpc) is 2.42. The van der Waals surface area contributed by atoms with Gasteiger partial charge in [-0.05, 0) is 30.2 Å². The minimum Gasteiger partial charge on any atom is -0.545 e. The number of anilines is 1. The summed E-state index contributed by atoms with van der Waals surface area (Å²) in [6.45, 7) is 4.53. The molecule has 1 rings (SSSR count). The molecule has 0 spiro atoms. The van der Waals surface area contributed by atoms with Gasteiger partial charge in [-0.15, -0.1) is 0 Å². The molecular formula is C15H17N2O4-. The molecular weight excluding hydrogens is 272 g/mol. The molecule has 6 heteroatoms. The van der Waals surface area contributed by atoms with Crippen molar-refractivity contribution < 1.29 is 19.5 Å². The molecule has 2 amide bonds. The normalized spacial score (nSPS) is 10.6. The van der Waals surface area contributed by atoms with Crippen molar-refractivity contribution in [1.29, 1.82) is 0 Å². The number of nitrogens with one attached hydrogen (secondary N) is 2. The van der Waals surface area contributed by atoms with Crippen molar-refractivity contribution in [2.24, 2.45) is 5.92 Å². The molecule has 0 aliphatic rings. The highest BCUT2D eigenvalue weighted by atomic mass is 16.4. The van der Waals surface area contributed by atoms with E-state index in [1.165, 1.54) is 6.07 Å². The van der Waals surface area contributed by atoms with Gasteiger partial charge in [-0.3, -0.25) is 9.59 Å². The molecule has 1 aromatic carbocycles. The molecule has 0 unspecified atom stereocenters. The summed E-state index contributed by atoms with van der Waals surface area (Å²) < 4.78 is 0. The number of carboxylic acid groups (broad SMARTS) is 1. The zero-order chi connectivity index (χ0) is 15.8.